The Bertz CT molecular complexity index is 1350. The highest BCUT2D eigenvalue weighted by Crippen LogP contribution is 2.33. The van der Waals surface area contributed by atoms with Crippen LogP contribution in [0.15, 0.2) is 66.9 Å². The van der Waals surface area contributed by atoms with Crippen molar-refractivity contribution in [1.29, 1.82) is 0 Å². The average molecular weight is 484 g/mol. The molecule has 0 saturated heterocycles. The molecule has 2 aliphatic rings. The molecule has 36 heavy (non-hydrogen) atoms. The summed E-state index contributed by atoms with van der Waals surface area (Å²) in [6, 6.07) is 21.6. The Morgan fingerprint density at radius 2 is 1.58 bits per heavy atom. The SMILES string of the molecule is COc1cc2c(cc1OC)CN(C=O)CC2.c1ccc2c(c1)CCN(Cc1ccc3cc[nH]c3c1)C2. The molecule has 1 aromatic heterocycles. The minimum Gasteiger partial charge on any atom is -0.493 e. The summed E-state index contributed by atoms with van der Waals surface area (Å²) in [7, 11) is 3.25. The van der Waals surface area contributed by atoms with Crippen LogP contribution < -0.4 is 9.47 Å². The molecule has 6 heteroatoms. The number of fused-ring (bicyclic) bond motifs is 3. The lowest BCUT2D eigenvalue weighted by Crippen LogP contribution is -2.29. The molecular formula is C30H33N3O3. The quantitative estimate of drug-likeness (QED) is 0.409. The maximum Gasteiger partial charge on any atom is 0.210 e. The van der Waals surface area contributed by atoms with E-state index in [-0.39, 0.29) is 0 Å². The van der Waals surface area contributed by atoms with E-state index >= 15 is 0 Å². The number of aromatic nitrogens is 1. The van der Waals surface area contributed by atoms with E-state index in [1.165, 1.54) is 39.6 Å². The highest BCUT2D eigenvalue weighted by atomic mass is 16.5. The molecule has 6 nitrogen and oxygen atoms in total. The van der Waals surface area contributed by atoms with Crippen LogP contribution in [0.5, 0.6) is 11.5 Å². The van der Waals surface area contributed by atoms with Gasteiger partial charge in [-0.1, -0.05) is 36.4 Å². The molecule has 6 rings (SSSR count). The van der Waals surface area contributed by atoms with Crippen molar-refractivity contribution < 1.29 is 14.3 Å². The highest BCUT2D eigenvalue weighted by molar-refractivity contribution is 5.79. The van der Waals surface area contributed by atoms with Gasteiger partial charge in [0.2, 0.25) is 6.41 Å². The van der Waals surface area contributed by atoms with E-state index in [4.69, 9.17) is 9.47 Å². The number of hydrogen-bond donors (Lipinski definition) is 1. The van der Waals surface area contributed by atoms with Gasteiger partial charge in [-0.15, -0.1) is 0 Å². The second-order valence-electron chi connectivity index (χ2n) is 9.43. The first-order valence-electron chi connectivity index (χ1n) is 12.4. The normalized spacial score (nSPS) is 14.9. The number of amides is 1. The van der Waals surface area contributed by atoms with Gasteiger partial charge >= 0.3 is 0 Å². The smallest absolute Gasteiger partial charge is 0.210 e. The fourth-order valence-corrected chi connectivity index (χ4v) is 5.14. The lowest BCUT2D eigenvalue weighted by molar-refractivity contribution is -0.118. The van der Waals surface area contributed by atoms with E-state index in [9.17, 15) is 4.79 Å². The predicted octanol–water partition coefficient (Wildman–Crippen LogP) is 4.94. The van der Waals surface area contributed by atoms with Gasteiger partial charge in [0.05, 0.1) is 14.2 Å². The molecule has 0 radical (unpaired) electrons. The Morgan fingerprint density at radius 3 is 2.36 bits per heavy atom. The molecule has 1 N–H and O–H groups in total. The van der Waals surface area contributed by atoms with Gasteiger partial charge in [-0.3, -0.25) is 9.69 Å². The third-order valence-electron chi connectivity index (χ3n) is 7.13. The summed E-state index contributed by atoms with van der Waals surface area (Å²) in [5.74, 6) is 1.47. The molecule has 0 unspecified atom stereocenters. The van der Waals surface area contributed by atoms with Gasteiger partial charge in [-0.25, -0.2) is 0 Å². The molecule has 0 saturated carbocycles. The summed E-state index contributed by atoms with van der Waals surface area (Å²) in [6.45, 7) is 4.67. The molecule has 186 valence electrons. The van der Waals surface area contributed by atoms with Crippen molar-refractivity contribution in [2.24, 2.45) is 0 Å². The lowest BCUT2D eigenvalue weighted by Gasteiger charge is -2.28. The molecule has 0 atom stereocenters. The Kier molecular flexibility index (Phi) is 7.23. The van der Waals surface area contributed by atoms with Crippen LogP contribution >= 0.6 is 0 Å². The highest BCUT2D eigenvalue weighted by Gasteiger charge is 2.18. The zero-order chi connectivity index (χ0) is 24.9. The van der Waals surface area contributed by atoms with Crippen molar-refractivity contribution >= 4 is 17.3 Å². The summed E-state index contributed by atoms with van der Waals surface area (Å²) in [5, 5.41) is 1.29. The summed E-state index contributed by atoms with van der Waals surface area (Å²) in [4.78, 5) is 18.3. The van der Waals surface area contributed by atoms with Crippen LogP contribution in [0, 0.1) is 0 Å². The van der Waals surface area contributed by atoms with Crippen molar-refractivity contribution in [3.05, 3.63) is 94.7 Å². The number of ether oxygens (including phenoxy) is 2. The Balaban J connectivity index is 0.000000152. The number of H-pyrrole nitrogens is 1. The zero-order valence-electron chi connectivity index (χ0n) is 21.0. The number of carbonyl (C=O) groups excluding carboxylic acids is 1. The summed E-state index contributed by atoms with van der Waals surface area (Å²) < 4.78 is 10.5. The largest absolute Gasteiger partial charge is 0.493 e. The number of nitrogens with one attached hydrogen (secondary N) is 1. The van der Waals surface area contributed by atoms with E-state index in [1.807, 2.05) is 18.3 Å². The Labute approximate surface area is 212 Å². The Hall–Kier alpha value is -3.77. The van der Waals surface area contributed by atoms with E-state index < -0.39 is 0 Å². The monoisotopic (exact) mass is 483 g/mol. The molecule has 0 fully saturated rings. The molecule has 0 aliphatic carbocycles. The van der Waals surface area contributed by atoms with Crippen LogP contribution in [-0.4, -0.2) is 48.5 Å². The summed E-state index contributed by atoms with van der Waals surface area (Å²) in [5.41, 5.74) is 7.99. The van der Waals surface area contributed by atoms with Crippen molar-refractivity contribution in [2.75, 3.05) is 27.3 Å². The lowest BCUT2D eigenvalue weighted by atomic mass is 9.99. The third kappa shape index (κ3) is 5.24. The van der Waals surface area contributed by atoms with E-state index in [0.717, 1.165) is 50.3 Å². The minimum absolute atomic E-state index is 0.652. The van der Waals surface area contributed by atoms with Crippen molar-refractivity contribution in [1.82, 2.24) is 14.8 Å². The topological polar surface area (TPSA) is 57.8 Å². The molecule has 3 heterocycles. The standard InChI is InChI=1S/C18H18N2.C12H15NO3/c1-2-4-17-13-20(10-8-15(17)3-1)12-14-5-6-16-7-9-19-18(16)11-14;1-15-11-5-9-3-4-13(8-14)7-10(9)6-12(11)16-2/h1-7,9,11,19H,8,10,12-13H2;5-6,8H,3-4,7H2,1-2H3. The summed E-state index contributed by atoms with van der Waals surface area (Å²) in [6.07, 6.45) is 4.93. The molecule has 3 aromatic carbocycles. The average Bonchev–Trinajstić information content (AvgIpc) is 3.40. The number of carbonyl (C=O) groups is 1. The number of rotatable bonds is 5. The molecule has 4 aromatic rings. The van der Waals surface area contributed by atoms with Crippen molar-refractivity contribution in [2.45, 2.75) is 32.5 Å². The van der Waals surface area contributed by atoms with Crippen LogP contribution in [-0.2, 0) is 37.3 Å². The maximum atomic E-state index is 10.7. The molecule has 0 bridgehead atoms. The number of benzene rings is 3. The van der Waals surface area contributed by atoms with Gasteiger partial charge < -0.3 is 19.4 Å². The second kappa shape index (κ2) is 10.9. The van der Waals surface area contributed by atoms with Crippen LogP contribution in [0.2, 0.25) is 0 Å². The van der Waals surface area contributed by atoms with Crippen LogP contribution in [0.4, 0.5) is 0 Å². The van der Waals surface area contributed by atoms with Gasteiger partial charge in [0, 0.05) is 44.4 Å². The van der Waals surface area contributed by atoms with Gasteiger partial charge in [0.15, 0.2) is 11.5 Å². The molecule has 0 spiro atoms. The molecule has 2 aliphatic heterocycles. The fraction of sp³-hybridized carbons (Fsp3) is 0.300. The second-order valence-corrected chi connectivity index (χ2v) is 9.43. The van der Waals surface area contributed by atoms with E-state index in [2.05, 4.69) is 58.4 Å². The van der Waals surface area contributed by atoms with Gasteiger partial charge in [0.25, 0.3) is 0 Å². The zero-order valence-corrected chi connectivity index (χ0v) is 21.0. The number of aromatic amines is 1. The summed E-state index contributed by atoms with van der Waals surface area (Å²) >= 11 is 0. The van der Waals surface area contributed by atoms with E-state index in [1.54, 1.807) is 19.1 Å². The van der Waals surface area contributed by atoms with Crippen LogP contribution in [0.1, 0.15) is 27.8 Å². The minimum atomic E-state index is 0.652. The van der Waals surface area contributed by atoms with Crippen LogP contribution in [0.25, 0.3) is 10.9 Å². The van der Waals surface area contributed by atoms with Gasteiger partial charge in [0.1, 0.15) is 0 Å². The van der Waals surface area contributed by atoms with Crippen molar-refractivity contribution in [3.8, 4) is 11.5 Å². The van der Waals surface area contributed by atoms with Gasteiger partial charge in [-0.2, -0.15) is 0 Å². The maximum absolute atomic E-state index is 10.7. The van der Waals surface area contributed by atoms with Crippen LogP contribution in [0.3, 0.4) is 0 Å². The first-order chi connectivity index (χ1) is 17.7. The number of methoxy groups -OCH3 is 2. The molecule has 1 amide bonds. The Morgan fingerprint density at radius 1 is 0.833 bits per heavy atom. The first-order valence-corrected chi connectivity index (χ1v) is 12.4. The van der Waals surface area contributed by atoms with E-state index in [0.29, 0.717) is 12.3 Å². The fourth-order valence-electron chi connectivity index (χ4n) is 5.14. The number of hydrogen-bond acceptors (Lipinski definition) is 4. The molecular weight excluding hydrogens is 450 g/mol. The predicted molar refractivity (Wildman–Crippen MR) is 142 cm³/mol. The number of nitrogens with zero attached hydrogens (tertiary/aromatic N) is 2. The third-order valence-corrected chi connectivity index (χ3v) is 7.13. The van der Waals surface area contributed by atoms with Crippen molar-refractivity contribution in [3.63, 3.8) is 0 Å². The van der Waals surface area contributed by atoms with Gasteiger partial charge in [-0.05, 0) is 70.3 Å². The first kappa shape index (κ1) is 23.9.